The number of likely N-dealkylation sites (tertiary alicyclic amines) is 1. The molecule has 0 aromatic carbocycles. The molecule has 1 aliphatic heterocycles. The Hall–Kier alpha value is -1.45. The van der Waals surface area contributed by atoms with E-state index >= 15 is 0 Å². The maximum atomic E-state index is 13.0. The lowest BCUT2D eigenvalue weighted by molar-refractivity contribution is 0.0776. The molecule has 1 fully saturated rings. The Morgan fingerprint density at radius 3 is 2.63 bits per heavy atom. The molecule has 0 spiro atoms. The molecule has 1 amide bonds. The van der Waals surface area contributed by atoms with Crippen molar-refractivity contribution in [3.8, 4) is 0 Å². The maximum Gasteiger partial charge on any atom is 0.272 e. The fraction of sp³-hybridized carbons (Fsp3) is 0.600. The molecule has 0 bridgehead atoms. The van der Waals surface area contributed by atoms with Crippen molar-refractivity contribution >= 4 is 5.91 Å². The van der Waals surface area contributed by atoms with Gasteiger partial charge < -0.3 is 4.90 Å². The van der Waals surface area contributed by atoms with Crippen molar-refractivity contribution in [2.45, 2.75) is 46.2 Å². The van der Waals surface area contributed by atoms with E-state index in [0.717, 1.165) is 5.69 Å². The van der Waals surface area contributed by atoms with Gasteiger partial charge in [0.2, 0.25) is 0 Å². The Morgan fingerprint density at radius 2 is 2.11 bits per heavy atom. The average Bonchev–Trinajstić information content (AvgIpc) is 2.87. The quantitative estimate of drug-likeness (QED) is 0.821. The summed E-state index contributed by atoms with van der Waals surface area (Å²) in [6, 6.07) is 5.43. The van der Waals surface area contributed by atoms with Gasteiger partial charge in [-0.3, -0.25) is 4.79 Å². The molecule has 19 heavy (non-hydrogen) atoms. The number of carbonyl (C=O) groups is 1. The summed E-state index contributed by atoms with van der Waals surface area (Å²) in [5.74, 6) is 0.128. The van der Waals surface area contributed by atoms with Crippen molar-refractivity contribution in [3.63, 3.8) is 0 Å². The van der Waals surface area contributed by atoms with Gasteiger partial charge in [-0.1, -0.05) is 33.8 Å². The summed E-state index contributed by atoms with van der Waals surface area (Å²) in [6.45, 7) is 8.76. The van der Waals surface area contributed by atoms with Gasteiger partial charge in [-0.25, -0.2) is 9.37 Å². The largest absolute Gasteiger partial charge is 0.334 e. The van der Waals surface area contributed by atoms with Gasteiger partial charge in [0.25, 0.3) is 5.91 Å². The van der Waals surface area contributed by atoms with E-state index in [2.05, 4.69) is 4.98 Å². The van der Waals surface area contributed by atoms with E-state index in [0.29, 0.717) is 18.7 Å². The number of pyridine rings is 1. The monoisotopic (exact) mass is 266 g/mol. The van der Waals surface area contributed by atoms with Gasteiger partial charge in [-0.2, -0.15) is 0 Å². The molecule has 0 saturated carbocycles. The van der Waals surface area contributed by atoms with Crippen LogP contribution >= 0.6 is 0 Å². The highest BCUT2D eigenvalue weighted by atomic mass is 19.1. The fourth-order valence-electron chi connectivity index (χ4n) is 1.96. The summed E-state index contributed by atoms with van der Waals surface area (Å²) in [5.41, 5.74) is 1.32. The lowest BCUT2D eigenvalue weighted by atomic mass is 10.1. The van der Waals surface area contributed by atoms with Crippen molar-refractivity contribution in [1.29, 1.82) is 0 Å². The van der Waals surface area contributed by atoms with Gasteiger partial charge in [0.15, 0.2) is 0 Å². The molecule has 1 saturated heterocycles. The third-order valence-corrected chi connectivity index (χ3v) is 3.00. The number of aromatic nitrogens is 1. The van der Waals surface area contributed by atoms with E-state index in [-0.39, 0.29) is 18.4 Å². The first kappa shape index (κ1) is 15.6. The molecule has 1 unspecified atom stereocenters. The van der Waals surface area contributed by atoms with E-state index in [9.17, 15) is 9.18 Å². The average molecular weight is 266 g/mol. The highest BCUT2D eigenvalue weighted by molar-refractivity contribution is 5.92. The maximum absolute atomic E-state index is 13.0. The van der Waals surface area contributed by atoms with Gasteiger partial charge >= 0.3 is 0 Å². The van der Waals surface area contributed by atoms with Gasteiger partial charge in [0.1, 0.15) is 11.9 Å². The Balaban J connectivity index is 0.000000861. The van der Waals surface area contributed by atoms with Crippen LogP contribution in [0.3, 0.4) is 0 Å². The van der Waals surface area contributed by atoms with Crippen LogP contribution in [0.2, 0.25) is 0 Å². The molecule has 0 aliphatic carbocycles. The summed E-state index contributed by atoms with van der Waals surface area (Å²) < 4.78 is 13.0. The summed E-state index contributed by atoms with van der Waals surface area (Å²) >= 11 is 0. The molecular weight excluding hydrogens is 243 g/mol. The van der Waals surface area contributed by atoms with Gasteiger partial charge in [-0.15, -0.1) is 0 Å². The Labute approximate surface area is 114 Å². The third kappa shape index (κ3) is 4.01. The second-order valence-electron chi connectivity index (χ2n) is 4.74. The normalized spacial score (nSPS) is 18.2. The second kappa shape index (κ2) is 7.22. The van der Waals surface area contributed by atoms with Gasteiger partial charge in [0.05, 0.1) is 6.54 Å². The van der Waals surface area contributed by atoms with Crippen LogP contribution in [0, 0.1) is 0 Å². The van der Waals surface area contributed by atoms with E-state index < -0.39 is 6.17 Å². The molecule has 1 aromatic heterocycles. The smallest absolute Gasteiger partial charge is 0.272 e. The predicted octanol–water partition coefficient (Wildman–Crippen LogP) is 3.42. The zero-order valence-corrected chi connectivity index (χ0v) is 12.2. The van der Waals surface area contributed by atoms with Crippen LogP contribution < -0.4 is 0 Å². The van der Waals surface area contributed by atoms with Crippen LogP contribution in [-0.4, -0.2) is 35.1 Å². The van der Waals surface area contributed by atoms with Crippen molar-refractivity contribution in [2.75, 3.05) is 13.1 Å². The molecule has 3 nitrogen and oxygen atoms in total. The number of rotatable bonds is 2. The minimum Gasteiger partial charge on any atom is -0.334 e. The summed E-state index contributed by atoms with van der Waals surface area (Å²) in [5, 5.41) is 0. The number of amides is 1. The van der Waals surface area contributed by atoms with Gasteiger partial charge in [0, 0.05) is 12.2 Å². The zero-order valence-electron chi connectivity index (χ0n) is 12.2. The third-order valence-electron chi connectivity index (χ3n) is 3.00. The molecule has 106 valence electrons. The highest BCUT2D eigenvalue weighted by Crippen LogP contribution is 2.17. The zero-order chi connectivity index (χ0) is 14.4. The Kier molecular flexibility index (Phi) is 5.93. The molecule has 2 rings (SSSR count). The second-order valence-corrected chi connectivity index (χ2v) is 4.74. The van der Waals surface area contributed by atoms with Crippen molar-refractivity contribution in [2.24, 2.45) is 0 Å². The van der Waals surface area contributed by atoms with Crippen LogP contribution in [0.1, 0.15) is 56.2 Å². The van der Waals surface area contributed by atoms with Crippen molar-refractivity contribution < 1.29 is 9.18 Å². The van der Waals surface area contributed by atoms with Crippen LogP contribution in [0.4, 0.5) is 4.39 Å². The molecular formula is C15H23FN2O. The molecule has 1 aromatic rings. The topological polar surface area (TPSA) is 33.2 Å². The number of hydrogen-bond acceptors (Lipinski definition) is 2. The minimum absolute atomic E-state index is 0.160. The lowest BCUT2D eigenvalue weighted by Gasteiger charge is -2.15. The minimum atomic E-state index is -0.882. The summed E-state index contributed by atoms with van der Waals surface area (Å²) in [6.07, 6.45) is -0.442. The van der Waals surface area contributed by atoms with Crippen molar-refractivity contribution in [3.05, 3.63) is 29.6 Å². The van der Waals surface area contributed by atoms with Crippen LogP contribution in [0.15, 0.2) is 18.2 Å². The molecule has 1 aliphatic rings. The van der Waals surface area contributed by atoms with E-state index in [4.69, 9.17) is 0 Å². The van der Waals surface area contributed by atoms with Crippen LogP contribution in [-0.2, 0) is 0 Å². The first-order chi connectivity index (χ1) is 9.08. The van der Waals surface area contributed by atoms with Gasteiger partial charge in [-0.05, 0) is 24.5 Å². The van der Waals surface area contributed by atoms with E-state index in [1.807, 2.05) is 39.8 Å². The van der Waals surface area contributed by atoms with E-state index in [1.165, 1.54) is 4.90 Å². The number of alkyl halides is 1. The predicted molar refractivity (Wildman–Crippen MR) is 75.1 cm³/mol. The molecule has 0 radical (unpaired) electrons. The van der Waals surface area contributed by atoms with E-state index in [1.54, 1.807) is 6.07 Å². The molecule has 4 heteroatoms. The fourth-order valence-corrected chi connectivity index (χ4v) is 1.96. The Morgan fingerprint density at radius 1 is 1.42 bits per heavy atom. The molecule has 0 N–H and O–H groups in total. The summed E-state index contributed by atoms with van der Waals surface area (Å²) in [7, 11) is 0. The first-order valence-electron chi connectivity index (χ1n) is 6.98. The van der Waals surface area contributed by atoms with Crippen LogP contribution in [0.25, 0.3) is 0 Å². The number of hydrogen-bond donors (Lipinski definition) is 0. The summed E-state index contributed by atoms with van der Waals surface area (Å²) in [4.78, 5) is 17.9. The van der Waals surface area contributed by atoms with Crippen molar-refractivity contribution in [1.82, 2.24) is 9.88 Å². The molecule has 2 heterocycles. The Bertz CT molecular complexity index is 420. The SMILES string of the molecule is CC.CC(C)c1cccc(C(=O)N2CCC(F)C2)n1. The van der Waals surface area contributed by atoms with Crippen LogP contribution in [0.5, 0.6) is 0 Å². The standard InChI is InChI=1S/C13H17FN2O.C2H6/c1-9(2)11-4-3-5-12(15-11)13(17)16-7-6-10(14)8-16;1-2/h3-5,9-10H,6-8H2,1-2H3;1-2H3. The number of carbonyl (C=O) groups excluding carboxylic acids is 1. The highest BCUT2D eigenvalue weighted by Gasteiger charge is 2.27. The number of halogens is 1. The first-order valence-corrected chi connectivity index (χ1v) is 6.98. The lowest BCUT2D eigenvalue weighted by Crippen LogP contribution is -2.29. The number of nitrogens with zero attached hydrogens (tertiary/aromatic N) is 2. The molecule has 1 atom stereocenters.